The normalized spacial score (nSPS) is 11.4. The van der Waals surface area contributed by atoms with E-state index in [0.717, 1.165) is 22.5 Å². The van der Waals surface area contributed by atoms with Gasteiger partial charge in [0.15, 0.2) is 5.16 Å². The standard InChI is InChI=1S/C23H19N5OS/c1-15-7-5-11-24-20(15)28-22(29)18-9-3-4-10-19(18)26-23(28)30-14-17-13-27-12-6-8-16(2)21(27)25-17/h3-13H,14H2,1-2H3. The van der Waals surface area contributed by atoms with Gasteiger partial charge in [-0.3, -0.25) is 4.79 Å². The van der Waals surface area contributed by atoms with Gasteiger partial charge in [0.05, 0.1) is 16.6 Å². The molecule has 148 valence electrons. The molecule has 1 aromatic carbocycles. The topological polar surface area (TPSA) is 65.1 Å². The smallest absolute Gasteiger partial charge is 0.267 e. The quantitative estimate of drug-likeness (QED) is 0.324. The summed E-state index contributed by atoms with van der Waals surface area (Å²) in [6.45, 7) is 3.99. The SMILES string of the molecule is Cc1cccnc1-n1c(SCc2cn3cccc(C)c3n2)nc2ccccc2c1=O. The summed E-state index contributed by atoms with van der Waals surface area (Å²) >= 11 is 1.49. The Morgan fingerprint density at radius 1 is 0.967 bits per heavy atom. The molecule has 30 heavy (non-hydrogen) atoms. The van der Waals surface area contributed by atoms with E-state index in [2.05, 4.69) is 4.98 Å². The van der Waals surface area contributed by atoms with Crippen molar-refractivity contribution in [3.63, 3.8) is 0 Å². The molecule has 0 atom stereocenters. The summed E-state index contributed by atoms with van der Waals surface area (Å²) in [7, 11) is 0. The minimum absolute atomic E-state index is 0.115. The first-order chi connectivity index (χ1) is 14.6. The lowest BCUT2D eigenvalue weighted by atomic mass is 10.2. The summed E-state index contributed by atoms with van der Waals surface area (Å²) in [6.07, 6.45) is 5.71. The van der Waals surface area contributed by atoms with Gasteiger partial charge in [0.25, 0.3) is 5.56 Å². The van der Waals surface area contributed by atoms with Gasteiger partial charge in [0.1, 0.15) is 11.5 Å². The molecule has 7 heteroatoms. The van der Waals surface area contributed by atoms with E-state index in [0.29, 0.717) is 27.6 Å². The largest absolute Gasteiger partial charge is 0.307 e. The van der Waals surface area contributed by atoms with Crippen LogP contribution < -0.4 is 5.56 Å². The molecule has 0 aliphatic rings. The zero-order valence-electron chi connectivity index (χ0n) is 16.6. The van der Waals surface area contributed by atoms with E-state index in [9.17, 15) is 4.79 Å². The lowest BCUT2D eigenvalue weighted by Crippen LogP contribution is -2.23. The second kappa shape index (κ2) is 7.42. The Kier molecular flexibility index (Phi) is 4.59. The van der Waals surface area contributed by atoms with Gasteiger partial charge in [-0.05, 0) is 49.2 Å². The van der Waals surface area contributed by atoms with Crippen LogP contribution in [0.5, 0.6) is 0 Å². The Morgan fingerprint density at radius 3 is 2.63 bits per heavy atom. The molecule has 0 bridgehead atoms. The highest BCUT2D eigenvalue weighted by Crippen LogP contribution is 2.25. The first-order valence-corrected chi connectivity index (χ1v) is 10.6. The lowest BCUT2D eigenvalue weighted by Gasteiger charge is -2.13. The van der Waals surface area contributed by atoms with Crippen LogP contribution in [-0.2, 0) is 5.75 Å². The van der Waals surface area contributed by atoms with Gasteiger partial charge >= 0.3 is 0 Å². The maximum absolute atomic E-state index is 13.3. The van der Waals surface area contributed by atoms with Crippen LogP contribution in [0.25, 0.3) is 22.4 Å². The van der Waals surface area contributed by atoms with Crippen LogP contribution >= 0.6 is 11.8 Å². The first kappa shape index (κ1) is 18.6. The van der Waals surface area contributed by atoms with E-state index < -0.39 is 0 Å². The summed E-state index contributed by atoms with van der Waals surface area (Å²) in [4.78, 5) is 27.4. The Hall–Kier alpha value is -3.45. The van der Waals surface area contributed by atoms with E-state index in [-0.39, 0.29) is 5.56 Å². The third-order valence-corrected chi connectivity index (χ3v) is 5.99. The van der Waals surface area contributed by atoms with Crippen LogP contribution in [0.3, 0.4) is 0 Å². The van der Waals surface area contributed by atoms with Crippen molar-refractivity contribution in [2.24, 2.45) is 0 Å². The monoisotopic (exact) mass is 413 g/mol. The highest BCUT2D eigenvalue weighted by Gasteiger charge is 2.16. The van der Waals surface area contributed by atoms with Gasteiger partial charge in [-0.2, -0.15) is 0 Å². The lowest BCUT2D eigenvalue weighted by molar-refractivity contribution is 0.789. The summed E-state index contributed by atoms with van der Waals surface area (Å²) in [5.74, 6) is 1.20. The molecule has 4 heterocycles. The molecule has 0 saturated carbocycles. The van der Waals surface area contributed by atoms with Crippen molar-refractivity contribution in [1.29, 1.82) is 0 Å². The zero-order chi connectivity index (χ0) is 20.7. The number of imidazole rings is 1. The summed E-state index contributed by atoms with van der Waals surface area (Å²) < 4.78 is 3.64. The molecule has 0 saturated heterocycles. The zero-order valence-corrected chi connectivity index (χ0v) is 17.4. The van der Waals surface area contributed by atoms with Crippen molar-refractivity contribution >= 4 is 28.3 Å². The minimum atomic E-state index is -0.115. The van der Waals surface area contributed by atoms with Gasteiger partial charge in [0.2, 0.25) is 0 Å². The second-order valence-electron chi connectivity index (χ2n) is 7.14. The van der Waals surface area contributed by atoms with Gasteiger partial charge in [-0.1, -0.05) is 36.0 Å². The van der Waals surface area contributed by atoms with Crippen LogP contribution in [-0.4, -0.2) is 23.9 Å². The Morgan fingerprint density at radius 2 is 1.80 bits per heavy atom. The number of aromatic nitrogens is 5. The predicted molar refractivity (Wildman–Crippen MR) is 119 cm³/mol. The van der Waals surface area contributed by atoms with Crippen molar-refractivity contribution < 1.29 is 0 Å². The predicted octanol–water partition coefficient (Wildman–Crippen LogP) is 4.34. The molecule has 0 aliphatic carbocycles. The van der Waals surface area contributed by atoms with Crippen molar-refractivity contribution in [1.82, 2.24) is 23.9 Å². The van der Waals surface area contributed by atoms with E-state index >= 15 is 0 Å². The van der Waals surface area contributed by atoms with Crippen molar-refractivity contribution in [3.8, 4) is 5.82 Å². The maximum Gasteiger partial charge on any atom is 0.267 e. The summed E-state index contributed by atoms with van der Waals surface area (Å²) in [5.41, 5.74) is 4.48. The van der Waals surface area contributed by atoms with E-state index in [1.165, 1.54) is 11.8 Å². The van der Waals surface area contributed by atoms with Gasteiger partial charge in [0, 0.05) is 24.3 Å². The van der Waals surface area contributed by atoms with Crippen molar-refractivity contribution in [3.05, 3.63) is 94.3 Å². The number of thioether (sulfide) groups is 1. The number of hydrogen-bond acceptors (Lipinski definition) is 5. The summed E-state index contributed by atoms with van der Waals surface area (Å²) in [5, 5.41) is 1.18. The Balaban J connectivity index is 1.62. The molecule has 0 fully saturated rings. The van der Waals surface area contributed by atoms with Crippen molar-refractivity contribution in [2.75, 3.05) is 0 Å². The van der Waals surface area contributed by atoms with Crippen LogP contribution in [0, 0.1) is 13.8 Å². The molecule has 0 unspecified atom stereocenters. The van der Waals surface area contributed by atoms with E-state index in [1.54, 1.807) is 16.8 Å². The fourth-order valence-electron chi connectivity index (χ4n) is 3.52. The molecule has 0 spiro atoms. The fourth-order valence-corrected chi connectivity index (χ4v) is 4.40. The van der Waals surface area contributed by atoms with E-state index in [1.807, 2.05) is 73.1 Å². The molecule has 0 N–H and O–H groups in total. The van der Waals surface area contributed by atoms with Gasteiger partial charge in [-0.25, -0.2) is 19.5 Å². The molecule has 0 aliphatic heterocycles. The number of para-hydroxylation sites is 1. The van der Waals surface area contributed by atoms with E-state index in [4.69, 9.17) is 9.97 Å². The number of rotatable bonds is 4. The van der Waals surface area contributed by atoms with Gasteiger partial charge < -0.3 is 4.40 Å². The second-order valence-corrected chi connectivity index (χ2v) is 8.08. The minimum Gasteiger partial charge on any atom is -0.307 e. The number of aryl methyl sites for hydroxylation is 2. The number of hydrogen-bond donors (Lipinski definition) is 0. The third kappa shape index (κ3) is 3.17. The molecule has 6 nitrogen and oxygen atoms in total. The van der Waals surface area contributed by atoms with Crippen LogP contribution in [0.4, 0.5) is 0 Å². The highest BCUT2D eigenvalue weighted by atomic mass is 32.2. The maximum atomic E-state index is 13.3. The van der Waals surface area contributed by atoms with Crippen LogP contribution in [0.1, 0.15) is 16.8 Å². The molecule has 5 aromatic rings. The van der Waals surface area contributed by atoms with Gasteiger partial charge in [-0.15, -0.1) is 0 Å². The van der Waals surface area contributed by atoms with Crippen LogP contribution in [0.15, 0.2) is 77.1 Å². The molecule has 0 amide bonds. The number of benzene rings is 1. The molecule has 0 radical (unpaired) electrons. The highest BCUT2D eigenvalue weighted by molar-refractivity contribution is 7.98. The number of pyridine rings is 2. The average Bonchev–Trinajstić information content (AvgIpc) is 3.18. The van der Waals surface area contributed by atoms with Crippen molar-refractivity contribution in [2.45, 2.75) is 24.8 Å². The molecule has 4 aromatic heterocycles. The third-order valence-electron chi connectivity index (χ3n) is 5.02. The Bertz CT molecular complexity index is 1450. The summed E-state index contributed by atoms with van der Waals surface area (Å²) in [6, 6.07) is 15.3. The molecular weight excluding hydrogens is 394 g/mol. The Labute approximate surface area is 177 Å². The average molecular weight is 414 g/mol. The van der Waals surface area contributed by atoms with Crippen LogP contribution in [0.2, 0.25) is 0 Å². The molecule has 5 rings (SSSR count). The number of nitrogens with zero attached hydrogens (tertiary/aromatic N) is 5. The number of fused-ring (bicyclic) bond motifs is 2. The fraction of sp³-hybridized carbons (Fsp3) is 0.130. The molecular formula is C23H19N5OS. The first-order valence-electron chi connectivity index (χ1n) is 9.61.